The van der Waals surface area contributed by atoms with Gasteiger partial charge in [-0.3, -0.25) is 14.9 Å². The molecule has 108 valence electrons. The summed E-state index contributed by atoms with van der Waals surface area (Å²) in [5, 5.41) is 3.78. The molecule has 0 radical (unpaired) electrons. The molecule has 2 amide bonds. The molecule has 3 rings (SSSR count). The summed E-state index contributed by atoms with van der Waals surface area (Å²) in [6.07, 6.45) is 0. The van der Waals surface area contributed by atoms with Crippen molar-refractivity contribution >= 4 is 32.6 Å². The fourth-order valence-corrected chi connectivity index (χ4v) is 3.65. The third-order valence-corrected chi connectivity index (χ3v) is 5.07. The Kier molecular flexibility index (Phi) is 3.23. The number of carbonyl (C=O) groups excluding carboxylic acids is 2. The molecule has 1 aliphatic heterocycles. The van der Waals surface area contributed by atoms with Crippen molar-refractivity contribution in [1.82, 2.24) is 9.62 Å². The molecule has 0 aliphatic carbocycles. The first-order valence-corrected chi connectivity index (χ1v) is 7.72. The molecule has 7 heteroatoms. The SMILES string of the molecule is O=C1CN(S(=O)(=O)c2ccc3ccccc3c2)CC(=O)N1. The van der Waals surface area contributed by atoms with Crippen LogP contribution in [0.4, 0.5) is 0 Å². The van der Waals surface area contributed by atoms with Crippen LogP contribution in [0.15, 0.2) is 47.4 Å². The number of amides is 2. The highest BCUT2D eigenvalue weighted by atomic mass is 32.2. The molecule has 0 spiro atoms. The Bertz CT molecular complexity index is 829. The van der Waals surface area contributed by atoms with Gasteiger partial charge in [-0.1, -0.05) is 30.3 Å². The maximum absolute atomic E-state index is 12.5. The van der Waals surface area contributed by atoms with E-state index in [9.17, 15) is 18.0 Å². The Morgan fingerprint density at radius 2 is 1.52 bits per heavy atom. The Balaban J connectivity index is 2.03. The summed E-state index contributed by atoms with van der Waals surface area (Å²) in [5.41, 5.74) is 0. The van der Waals surface area contributed by atoms with E-state index in [-0.39, 0.29) is 18.0 Å². The first-order chi connectivity index (χ1) is 9.96. The molecule has 0 unspecified atom stereocenters. The predicted molar refractivity (Wildman–Crippen MR) is 75.9 cm³/mol. The second-order valence-corrected chi connectivity index (χ2v) is 6.69. The van der Waals surface area contributed by atoms with Gasteiger partial charge in [-0.05, 0) is 22.9 Å². The van der Waals surface area contributed by atoms with Crippen molar-refractivity contribution in [2.75, 3.05) is 13.1 Å². The summed E-state index contributed by atoms with van der Waals surface area (Å²) >= 11 is 0. The summed E-state index contributed by atoms with van der Waals surface area (Å²) in [5.74, 6) is -1.23. The van der Waals surface area contributed by atoms with E-state index in [0.29, 0.717) is 0 Å². The van der Waals surface area contributed by atoms with E-state index in [0.717, 1.165) is 15.1 Å². The maximum Gasteiger partial charge on any atom is 0.244 e. The molecule has 2 aromatic carbocycles. The number of benzene rings is 2. The van der Waals surface area contributed by atoms with Crippen molar-refractivity contribution in [3.63, 3.8) is 0 Å². The van der Waals surface area contributed by atoms with E-state index in [1.165, 1.54) is 6.07 Å². The van der Waals surface area contributed by atoms with Crippen molar-refractivity contribution in [2.24, 2.45) is 0 Å². The molecule has 6 nitrogen and oxygen atoms in total. The molecule has 0 aromatic heterocycles. The van der Waals surface area contributed by atoms with Crippen molar-refractivity contribution in [3.05, 3.63) is 42.5 Å². The van der Waals surface area contributed by atoms with Gasteiger partial charge in [-0.2, -0.15) is 4.31 Å². The number of carbonyl (C=O) groups is 2. The third kappa shape index (κ3) is 2.53. The van der Waals surface area contributed by atoms with Crippen molar-refractivity contribution < 1.29 is 18.0 Å². The number of hydrogen-bond donors (Lipinski definition) is 1. The minimum absolute atomic E-state index is 0.0729. The van der Waals surface area contributed by atoms with Crippen LogP contribution >= 0.6 is 0 Å². The lowest BCUT2D eigenvalue weighted by Crippen LogP contribution is -2.53. The van der Waals surface area contributed by atoms with Gasteiger partial charge in [0.15, 0.2) is 0 Å². The van der Waals surface area contributed by atoms with E-state index in [1.54, 1.807) is 12.1 Å². The monoisotopic (exact) mass is 304 g/mol. The summed E-state index contributed by atoms with van der Waals surface area (Å²) < 4.78 is 25.9. The van der Waals surface area contributed by atoms with E-state index in [4.69, 9.17) is 0 Å². The van der Waals surface area contributed by atoms with Gasteiger partial charge in [0.1, 0.15) is 0 Å². The van der Waals surface area contributed by atoms with Gasteiger partial charge >= 0.3 is 0 Å². The molecular weight excluding hydrogens is 292 g/mol. The fourth-order valence-electron chi connectivity index (χ4n) is 2.26. The number of piperazine rings is 1. The highest BCUT2D eigenvalue weighted by molar-refractivity contribution is 7.89. The molecule has 2 aromatic rings. The molecule has 1 fully saturated rings. The predicted octanol–water partition coefficient (Wildman–Crippen LogP) is 0.487. The molecule has 0 saturated carbocycles. The Morgan fingerprint density at radius 1 is 0.905 bits per heavy atom. The zero-order valence-electron chi connectivity index (χ0n) is 10.9. The topological polar surface area (TPSA) is 83.6 Å². The van der Waals surface area contributed by atoms with E-state index in [2.05, 4.69) is 5.32 Å². The summed E-state index contributed by atoms with van der Waals surface area (Å²) in [6, 6.07) is 12.1. The number of rotatable bonds is 2. The van der Waals surface area contributed by atoms with Gasteiger partial charge in [-0.25, -0.2) is 8.42 Å². The number of nitrogens with zero attached hydrogens (tertiary/aromatic N) is 1. The smallest absolute Gasteiger partial charge is 0.244 e. The molecule has 1 saturated heterocycles. The first kappa shape index (κ1) is 13.7. The summed E-state index contributed by atoms with van der Waals surface area (Å²) in [6.45, 7) is -0.693. The minimum Gasteiger partial charge on any atom is -0.294 e. The fraction of sp³-hybridized carbons (Fsp3) is 0.143. The Labute approximate surface area is 121 Å². The van der Waals surface area contributed by atoms with E-state index >= 15 is 0 Å². The number of hydrogen-bond acceptors (Lipinski definition) is 4. The van der Waals surface area contributed by atoms with Crippen LogP contribution in [-0.2, 0) is 19.6 Å². The lowest BCUT2D eigenvalue weighted by molar-refractivity contribution is -0.134. The van der Waals surface area contributed by atoms with Crippen molar-refractivity contribution in [2.45, 2.75) is 4.90 Å². The van der Waals surface area contributed by atoms with Gasteiger partial charge < -0.3 is 0 Å². The quantitative estimate of drug-likeness (QED) is 0.818. The third-order valence-electron chi connectivity index (χ3n) is 3.28. The maximum atomic E-state index is 12.5. The van der Waals surface area contributed by atoms with E-state index in [1.807, 2.05) is 24.3 Å². The minimum atomic E-state index is -3.87. The van der Waals surface area contributed by atoms with Crippen molar-refractivity contribution in [3.8, 4) is 0 Å². The molecular formula is C14H12N2O4S. The molecule has 1 N–H and O–H groups in total. The Hall–Kier alpha value is -2.25. The molecule has 1 heterocycles. The van der Waals surface area contributed by atoms with Gasteiger partial charge in [0.2, 0.25) is 21.8 Å². The first-order valence-electron chi connectivity index (χ1n) is 6.28. The average Bonchev–Trinajstić information content (AvgIpc) is 2.45. The molecule has 0 atom stereocenters. The lowest BCUT2D eigenvalue weighted by atomic mass is 10.1. The number of sulfonamides is 1. The van der Waals surface area contributed by atoms with Crippen LogP contribution in [0.3, 0.4) is 0 Å². The summed E-state index contributed by atoms with van der Waals surface area (Å²) in [4.78, 5) is 22.7. The second-order valence-electron chi connectivity index (χ2n) is 4.75. The lowest BCUT2D eigenvalue weighted by Gasteiger charge is -2.24. The van der Waals surface area contributed by atoms with Crippen LogP contribution in [0.25, 0.3) is 10.8 Å². The van der Waals surface area contributed by atoms with Crippen LogP contribution < -0.4 is 5.32 Å². The molecule has 21 heavy (non-hydrogen) atoms. The number of fused-ring (bicyclic) bond motifs is 1. The molecule has 0 bridgehead atoms. The van der Waals surface area contributed by atoms with Gasteiger partial charge in [0, 0.05) is 0 Å². The Morgan fingerprint density at radius 3 is 2.19 bits per heavy atom. The number of nitrogens with one attached hydrogen (secondary N) is 1. The van der Waals surface area contributed by atoms with Crippen LogP contribution in [-0.4, -0.2) is 37.6 Å². The highest BCUT2D eigenvalue weighted by Crippen LogP contribution is 2.22. The highest BCUT2D eigenvalue weighted by Gasteiger charge is 2.32. The van der Waals surface area contributed by atoms with Gasteiger partial charge in [0.25, 0.3) is 0 Å². The zero-order chi connectivity index (χ0) is 15.0. The number of imide groups is 1. The standard InChI is InChI=1S/C14H12N2O4S/c17-13-8-16(9-14(18)15-13)21(19,20)12-6-5-10-3-1-2-4-11(10)7-12/h1-7H,8-9H2,(H,15,17,18). The van der Waals surface area contributed by atoms with Crippen LogP contribution in [0, 0.1) is 0 Å². The molecule has 1 aliphatic rings. The van der Waals surface area contributed by atoms with E-state index < -0.39 is 21.8 Å². The second kappa shape index (κ2) is 4.94. The van der Waals surface area contributed by atoms with Crippen LogP contribution in [0.2, 0.25) is 0 Å². The average molecular weight is 304 g/mol. The zero-order valence-corrected chi connectivity index (χ0v) is 11.8. The largest absolute Gasteiger partial charge is 0.294 e. The summed E-state index contributed by atoms with van der Waals surface area (Å²) in [7, 11) is -3.87. The van der Waals surface area contributed by atoms with Crippen LogP contribution in [0.5, 0.6) is 0 Å². The van der Waals surface area contributed by atoms with Gasteiger partial charge in [0.05, 0.1) is 18.0 Å². The van der Waals surface area contributed by atoms with Gasteiger partial charge in [-0.15, -0.1) is 0 Å². The van der Waals surface area contributed by atoms with Crippen molar-refractivity contribution in [1.29, 1.82) is 0 Å². The normalized spacial score (nSPS) is 17.0. The van der Waals surface area contributed by atoms with Crippen LogP contribution in [0.1, 0.15) is 0 Å².